The summed E-state index contributed by atoms with van der Waals surface area (Å²) in [4.78, 5) is 0. The van der Waals surface area contributed by atoms with Crippen LogP contribution in [-0.2, 0) is 5.41 Å². The van der Waals surface area contributed by atoms with E-state index < -0.39 is 0 Å². The summed E-state index contributed by atoms with van der Waals surface area (Å²) in [6, 6.07) is 17.7. The Morgan fingerprint density at radius 3 is 0.584 bits per heavy atom. The van der Waals surface area contributed by atoms with E-state index in [-0.39, 0.29) is 71.0 Å². The van der Waals surface area contributed by atoms with E-state index in [1.807, 2.05) is 27.7 Å². The first-order valence-corrected chi connectivity index (χ1v) is 919. The zero-order chi connectivity index (χ0) is 69.6. The molecule has 0 saturated carbocycles. The summed E-state index contributed by atoms with van der Waals surface area (Å²) in [5.74, 6) is 0. The maximum absolute atomic E-state index is 2.28. The summed E-state index contributed by atoms with van der Waals surface area (Å²) in [6.07, 6.45) is 0. The van der Waals surface area contributed by atoms with Crippen molar-refractivity contribution in [2.75, 3.05) is 0 Å². The Bertz CT molecular complexity index is 827. The molecule has 0 aromatic heterocycles. The van der Waals surface area contributed by atoms with Gasteiger partial charge in [0.05, 0.1) is 0 Å². The van der Waals surface area contributed by atoms with Gasteiger partial charge in [-0.25, -0.2) is 0 Å². The van der Waals surface area contributed by atoms with E-state index in [9.17, 15) is 0 Å². The van der Waals surface area contributed by atoms with Crippen LogP contribution in [0.2, 0.25) is 0 Å². The van der Waals surface area contributed by atoms with E-state index in [4.69, 9.17) is 0 Å². The Kier molecular flexibility index (Phi) is 959. The summed E-state index contributed by atoms with van der Waals surface area (Å²) >= 11 is 60.3. The first-order chi connectivity index (χ1) is 37.0. The third-order valence-corrected chi connectivity index (χ3v) is 3.98. The Labute approximate surface area is 1810 Å². The molecule has 0 aliphatic rings. The Morgan fingerprint density at radius 1 is 0.247 bits per heavy atom. The fourth-order valence-corrected chi connectivity index (χ4v) is 3.09. The molecular formula is C24H35Rb53. The molecule has 0 aliphatic heterocycles. The summed E-state index contributed by atoms with van der Waals surface area (Å²) in [5.41, 5.74) is 3.05. The van der Waals surface area contributed by atoms with Crippen molar-refractivity contribution in [1.82, 2.24) is 0 Å². The third-order valence-electron chi connectivity index (χ3n) is 3.98. The molecule has 3 aromatic rings. The molecule has 53 heteroatoms. The van der Waals surface area contributed by atoms with Crippen molar-refractivity contribution in [1.29, 1.82) is 0 Å². The first kappa shape index (κ1) is 242. The van der Waals surface area contributed by atoms with Crippen LogP contribution in [0, 0.1) is 14.4 Å². The summed E-state index contributed by atoms with van der Waals surface area (Å²) in [6.45, 7) is 17.1. The molecule has 0 nitrogen and oxygen atoms in total. The van der Waals surface area contributed by atoms with E-state index >= 15 is 0 Å². The molecule has 0 heterocycles. The van der Waals surface area contributed by atoms with Crippen molar-refractivity contribution < 1.29 is 58.2 Å². The van der Waals surface area contributed by atoms with Crippen LogP contribution in [0.1, 0.15) is 59.6 Å². The van der Waals surface area contributed by atoms with Gasteiger partial charge in [0, 0.05) is 0 Å². The second-order valence-electron chi connectivity index (χ2n) is 6.37. The Hall–Kier alpha value is 93.9. The van der Waals surface area contributed by atoms with E-state index in [1.54, 1.807) is 0 Å². The van der Waals surface area contributed by atoms with Gasteiger partial charge in [-0.3, -0.25) is 0 Å². The normalized spacial score (nSPS) is 5.87. The van der Waals surface area contributed by atoms with E-state index in [1.165, 1.54) is 32.7 Å². The van der Waals surface area contributed by atoms with Gasteiger partial charge in [-0.1, -0.05) is 97.0 Å². The molecule has 0 unspecified atom stereocenters. The van der Waals surface area contributed by atoms with Gasteiger partial charge in [0.2, 0.25) is 0 Å². The van der Waals surface area contributed by atoms with Gasteiger partial charge >= 0.3 is 1820 Å². The number of fused-ring (bicyclic) bond motifs is 3. The molecule has 0 saturated heterocycles. The Balaban J connectivity index is -0.0000000139. The number of hydrogen-bond acceptors (Lipinski definition) is 0. The van der Waals surface area contributed by atoms with E-state index in [2.05, 4.69) is 76.2 Å². The molecule has 0 N–H and O–H groups in total. The molecule has 0 bridgehead atoms. The molecule has 3 aromatic carbocycles. The van der Waals surface area contributed by atoms with Crippen LogP contribution < -0.4 is 58.2 Å². The molecule has 77 heavy (non-hydrogen) atoms. The molecule has 0 atom stereocenters. The summed E-state index contributed by atoms with van der Waals surface area (Å²) in [7, 11) is 0. The van der Waals surface area contributed by atoms with Crippen LogP contribution in [0.25, 0.3) is 21.5 Å². The monoisotopic (exact) mass is 4820 g/mol. The van der Waals surface area contributed by atoms with Gasteiger partial charge in [0.1, 0.15) is 0 Å². The SMILES string of the molecule is CC.CC.Cc1c(C(C)(C)C)ccc2ccc3ccccc3c12.[CH3-].[Rb+].[Rb][Rb].[Rb][Rb].[Rb][Rb].[Rb][Rb].[Rb][Rb].[Rb][Rb].[Rb][Rb].[Rb][Rb].[Rb][Rb].[Rb][Rb].[Rb][Rb].[Rb][Rb].[Rb][Rb].[Rb][Rb].[Rb][Rb].[Rb][Rb].[Rb][Rb].[Rb][Rb].[Rb][Rb].[Rb][Rb].[Rb][Rb].[Rb][Rb].[Rb][Rb].[Rb][Rb].[Rb][Rb].[Rb][Rb]. The summed E-state index contributed by atoms with van der Waals surface area (Å²) < 4.78 is 0. The van der Waals surface area contributed by atoms with E-state index in [0.29, 0.717) is 0 Å². The zero-order valence-corrected chi connectivity index (χ0v) is 331. The number of benzene rings is 3. The molecule has 0 amide bonds. The van der Waals surface area contributed by atoms with Crippen molar-refractivity contribution >= 4 is 1780 Å². The number of hydrogen-bond donors (Lipinski definition) is 0. The van der Waals surface area contributed by atoms with E-state index in [0.717, 1.165) is 1760 Å². The zero-order valence-electron chi connectivity index (χ0n) is 70.1. The molecule has 0 aliphatic carbocycles. The second-order valence-corrected chi connectivity index (χ2v) is 6.37. The fraction of sp³-hybridized carbons (Fsp3) is 0.375. The van der Waals surface area contributed by atoms with Crippen molar-refractivity contribution in [3.63, 3.8) is 0 Å². The number of rotatable bonds is 0. The van der Waals surface area contributed by atoms with Gasteiger partial charge in [0.25, 0.3) is 0 Å². The van der Waals surface area contributed by atoms with Crippen molar-refractivity contribution in [3.8, 4) is 0 Å². The van der Waals surface area contributed by atoms with Gasteiger partial charge in [-0.05, 0) is 45.0 Å². The Morgan fingerprint density at radius 2 is 0.403 bits per heavy atom. The maximum atomic E-state index is 2.28. The first-order valence-electron chi connectivity index (χ1n) is 34.9. The van der Waals surface area contributed by atoms with Crippen molar-refractivity contribution in [2.45, 2.75) is 60.8 Å². The average molecular weight is 4850 g/mol. The predicted octanol–water partition coefficient (Wildman–Crippen LogP) is -14.7. The van der Waals surface area contributed by atoms with Gasteiger partial charge in [-0.15, -0.1) is 0 Å². The van der Waals surface area contributed by atoms with Crippen LogP contribution in [0.5, 0.6) is 0 Å². The van der Waals surface area contributed by atoms with Crippen LogP contribution in [0.4, 0.5) is 0 Å². The van der Waals surface area contributed by atoms with Crippen molar-refractivity contribution in [2.24, 2.45) is 0 Å². The fourth-order valence-electron chi connectivity index (χ4n) is 3.09. The molecular weight excluding hydrogens is 4820 g/mol. The number of aryl methyl sites for hydroxylation is 1. The predicted molar refractivity (Wildman–Crippen MR) is 413 cm³/mol. The minimum absolute atomic E-state index is 0. The molecule has 0 spiro atoms. The van der Waals surface area contributed by atoms with Crippen molar-refractivity contribution in [3.05, 3.63) is 67.1 Å². The topological polar surface area (TPSA) is 0 Å². The van der Waals surface area contributed by atoms with Gasteiger partial charge < -0.3 is 7.43 Å². The summed E-state index contributed by atoms with van der Waals surface area (Å²) in [5, 5.41) is 5.43. The molecule has 3 rings (SSSR count). The quantitative estimate of drug-likeness (QED) is 0.155. The van der Waals surface area contributed by atoms with Gasteiger partial charge in [0.15, 0.2) is 0 Å². The standard InChI is InChI=1S/C19H20.2C2H6.CH3.53Rb/c1-13-17(19(2,3)4)12-11-15-10-9-14-7-5-6-8-16(14)18(13)15;2*1-2;;;;;;;;;;;;;;;;;;;;;;;;;;;;;;;;;;;;;;;;;;;;;;;;;;;;;;/h5-12H,1-4H3;2*1-2H3;1H3;;;;;;;;;;;;;;;;;;;;;;;;;;;;;;;;;;;;;;;;;;;;;;;;;;;;;/q;;;-1;;;;;;;;;;;;;;;;;;;;;;;;;;;;;;;;;;;;;;;;;;;;;;;;;;;;;+1. The second kappa shape index (κ2) is 306. The third kappa shape index (κ3) is 256. The molecule has 0 fully saturated rings. The minimum atomic E-state index is 0. The molecule has 184 valence electrons. The van der Waals surface area contributed by atoms with Crippen LogP contribution in [-0.4, -0.2) is 1760 Å². The van der Waals surface area contributed by atoms with Crippen LogP contribution in [0.3, 0.4) is 0 Å². The molecule has 0 radical (unpaired) electrons. The van der Waals surface area contributed by atoms with Gasteiger partial charge in [-0.2, -0.15) is 0 Å². The average Bonchev–Trinajstić information content (AvgIpc) is 3.60. The van der Waals surface area contributed by atoms with Crippen LogP contribution in [0.15, 0.2) is 48.5 Å². The van der Waals surface area contributed by atoms with Crippen LogP contribution >= 0.6 is 0 Å².